The maximum atomic E-state index is 12.5. The lowest BCUT2D eigenvalue weighted by atomic mass is 9.70. The van der Waals surface area contributed by atoms with Gasteiger partial charge in [0.25, 0.3) is 5.56 Å². The SMILES string of the molecule is CC(C)(C)OC(=O)NC12CCC(CCn3c(=O)ccc4ncc(O)cc43)(CC1)OC2. The summed E-state index contributed by atoms with van der Waals surface area (Å²) in [6.45, 7) is 6.46. The molecule has 5 rings (SSSR count). The van der Waals surface area contributed by atoms with Crippen LogP contribution in [0.2, 0.25) is 0 Å². The first-order valence-corrected chi connectivity index (χ1v) is 10.4. The van der Waals surface area contributed by atoms with Crippen LogP contribution in [-0.4, -0.2) is 44.1 Å². The molecule has 0 atom stereocenters. The summed E-state index contributed by atoms with van der Waals surface area (Å²) in [5.74, 6) is 0.0320. The predicted molar refractivity (Wildman–Crippen MR) is 112 cm³/mol. The van der Waals surface area contributed by atoms with Crippen LogP contribution in [0.1, 0.15) is 52.9 Å². The molecule has 2 saturated heterocycles. The Hall–Kier alpha value is -2.61. The first kappa shape index (κ1) is 20.7. The number of fused-ring (bicyclic) bond motifs is 4. The van der Waals surface area contributed by atoms with Crippen molar-refractivity contribution < 1.29 is 19.4 Å². The molecule has 1 aliphatic carbocycles. The predicted octanol–water partition coefficient (Wildman–Crippen LogP) is 3.10. The van der Waals surface area contributed by atoms with Gasteiger partial charge in [-0.2, -0.15) is 0 Å². The van der Waals surface area contributed by atoms with Crippen molar-refractivity contribution in [2.24, 2.45) is 0 Å². The van der Waals surface area contributed by atoms with Crippen LogP contribution in [0.15, 0.2) is 29.2 Å². The fraction of sp³-hybridized carbons (Fsp3) is 0.591. The van der Waals surface area contributed by atoms with Gasteiger partial charge in [-0.3, -0.25) is 9.78 Å². The van der Waals surface area contributed by atoms with Gasteiger partial charge in [0.1, 0.15) is 11.4 Å². The molecule has 4 heterocycles. The average Bonchev–Trinajstić information content (AvgIpc) is 2.67. The lowest BCUT2D eigenvalue weighted by Crippen LogP contribution is -2.63. The van der Waals surface area contributed by atoms with Gasteiger partial charge in [-0.15, -0.1) is 0 Å². The van der Waals surface area contributed by atoms with Gasteiger partial charge in [-0.1, -0.05) is 0 Å². The number of amides is 1. The number of hydrogen-bond donors (Lipinski definition) is 2. The second-order valence-corrected chi connectivity index (χ2v) is 9.55. The van der Waals surface area contributed by atoms with E-state index in [0.29, 0.717) is 30.6 Å². The maximum Gasteiger partial charge on any atom is 0.408 e. The fourth-order valence-electron chi connectivity index (χ4n) is 4.47. The van der Waals surface area contributed by atoms with Gasteiger partial charge in [0, 0.05) is 18.7 Å². The number of pyridine rings is 2. The Bertz CT molecular complexity index is 999. The number of rotatable bonds is 4. The van der Waals surface area contributed by atoms with Crippen molar-refractivity contribution >= 4 is 17.1 Å². The van der Waals surface area contributed by atoms with E-state index in [1.165, 1.54) is 12.3 Å². The van der Waals surface area contributed by atoms with Crippen LogP contribution in [0.3, 0.4) is 0 Å². The molecule has 30 heavy (non-hydrogen) atoms. The highest BCUT2D eigenvalue weighted by Gasteiger charge is 2.50. The van der Waals surface area contributed by atoms with Crippen LogP contribution in [0.25, 0.3) is 11.0 Å². The van der Waals surface area contributed by atoms with Crippen molar-refractivity contribution in [3.63, 3.8) is 0 Å². The molecule has 2 N–H and O–H groups in total. The van der Waals surface area contributed by atoms with Gasteiger partial charge in [0.05, 0.1) is 35.0 Å². The van der Waals surface area contributed by atoms with E-state index in [0.717, 1.165) is 25.7 Å². The number of ether oxygens (including phenoxy) is 2. The van der Waals surface area contributed by atoms with Crippen LogP contribution in [0.4, 0.5) is 4.79 Å². The number of carbonyl (C=O) groups is 1. The third-order valence-corrected chi connectivity index (χ3v) is 6.15. The molecule has 2 aromatic heterocycles. The minimum Gasteiger partial charge on any atom is -0.506 e. The molecule has 162 valence electrons. The lowest BCUT2D eigenvalue weighted by molar-refractivity contribution is -0.165. The van der Waals surface area contributed by atoms with E-state index in [-0.39, 0.29) is 22.4 Å². The number of aromatic hydroxyl groups is 1. The molecule has 0 spiro atoms. The first-order chi connectivity index (χ1) is 14.1. The van der Waals surface area contributed by atoms with Crippen molar-refractivity contribution in [3.8, 4) is 5.75 Å². The molecule has 1 amide bonds. The smallest absolute Gasteiger partial charge is 0.408 e. The molecule has 1 saturated carbocycles. The largest absolute Gasteiger partial charge is 0.506 e. The van der Waals surface area contributed by atoms with E-state index in [1.807, 2.05) is 20.8 Å². The molecular weight excluding hydrogens is 386 g/mol. The summed E-state index contributed by atoms with van der Waals surface area (Å²) in [5, 5.41) is 12.8. The molecule has 2 bridgehead atoms. The van der Waals surface area contributed by atoms with Crippen LogP contribution < -0.4 is 10.9 Å². The van der Waals surface area contributed by atoms with E-state index >= 15 is 0 Å². The van der Waals surface area contributed by atoms with Gasteiger partial charge in [-0.25, -0.2) is 4.79 Å². The second-order valence-electron chi connectivity index (χ2n) is 9.55. The monoisotopic (exact) mass is 415 g/mol. The number of nitrogens with one attached hydrogen (secondary N) is 1. The van der Waals surface area contributed by atoms with E-state index in [1.54, 1.807) is 16.7 Å². The Kier molecular flexibility index (Phi) is 5.00. The molecule has 2 aliphatic heterocycles. The van der Waals surface area contributed by atoms with Crippen molar-refractivity contribution in [2.75, 3.05) is 6.61 Å². The first-order valence-electron chi connectivity index (χ1n) is 10.4. The lowest BCUT2D eigenvalue weighted by Gasteiger charge is -2.53. The highest BCUT2D eigenvalue weighted by Crippen LogP contribution is 2.45. The maximum absolute atomic E-state index is 12.5. The van der Waals surface area contributed by atoms with Gasteiger partial charge in [-0.05, 0) is 58.9 Å². The zero-order valence-electron chi connectivity index (χ0n) is 17.7. The normalized spacial score (nSPS) is 26.0. The van der Waals surface area contributed by atoms with Crippen molar-refractivity contribution in [1.29, 1.82) is 0 Å². The van der Waals surface area contributed by atoms with Crippen LogP contribution in [0.5, 0.6) is 5.75 Å². The van der Waals surface area contributed by atoms with E-state index in [9.17, 15) is 14.7 Å². The highest BCUT2D eigenvalue weighted by molar-refractivity contribution is 5.75. The molecule has 3 aliphatic rings. The summed E-state index contributed by atoms with van der Waals surface area (Å²) in [5.41, 5.74) is -0.0628. The molecule has 0 radical (unpaired) electrons. The Morgan fingerprint density at radius 1 is 1.30 bits per heavy atom. The number of alkyl carbamates (subject to hydrolysis) is 1. The van der Waals surface area contributed by atoms with Gasteiger partial charge >= 0.3 is 6.09 Å². The third-order valence-electron chi connectivity index (χ3n) is 6.15. The summed E-state index contributed by atoms with van der Waals surface area (Å²) in [6, 6.07) is 4.74. The van der Waals surface area contributed by atoms with Crippen LogP contribution in [-0.2, 0) is 16.0 Å². The molecular formula is C22H29N3O5. The summed E-state index contributed by atoms with van der Waals surface area (Å²) >= 11 is 0. The average molecular weight is 415 g/mol. The Labute approximate surface area is 175 Å². The Morgan fingerprint density at radius 3 is 2.67 bits per heavy atom. The van der Waals surface area contributed by atoms with Crippen molar-refractivity contribution in [1.82, 2.24) is 14.9 Å². The van der Waals surface area contributed by atoms with E-state index < -0.39 is 11.7 Å². The quantitative estimate of drug-likeness (QED) is 0.795. The summed E-state index contributed by atoms with van der Waals surface area (Å²) in [7, 11) is 0. The Balaban J connectivity index is 1.44. The number of carbonyl (C=O) groups excluding carboxylic acids is 1. The minimum atomic E-state index is -0.538. The van der Waals surface area contributed by atoms with Crippen molar-refractivity contribution in [2.45, 2.75) is 76.2 Å². The topological polar surface area (TPSA) is 103 Å². The molecule has 8 nitrogen and oxygen atoms in total. The zero-order valence-corrected chi connectivity index (χ0v) is 17.7. The Morgan fingerprint density at radius 2 is 2.03 bits per heavy atom. The van der Waals surface area contributed by atoms with Gasteiger partial charge in [0.2, 0.25) is 0 Å². The fourth-order valence-corrected chi connectivity index (χ4v) is 4.47. The van der Waals surface area contributed by atoms with Crippen LogP contribution in [0, 0.1) is 0 Å². The number of aromatic nitrogens is 2. The van der Waals surface area contributed by atoms with E-state index in [2.05, 4.69) is 10.3 Å². The summed E-state index contributed by atoms with van der Waals surface area (Å²) in [4.78, 5) is 28.9. The molecule has 2 aromatic rings. The number of aryl methyl sites for hydroxylation is 1. The van der Waals surface area contributed by atoms with Crippen molar-refractivity contribution in [3.05, 3.63) is 34.7 Å². The molecule has 8 heteroatoms. The zero-order chi connectivity index (χ0) is 21.6. The number of nitrogens with zero attached hydrogens (tertiary/aromatic N) is 2. The minimum absolute atomic E-state index is 0.0320. The third kappa shape index (κ3) is 4.14. The summed E-state index contributed by atoms with van der Waals surface area (Å²) < 4.78 is 13.3. The molecule has 3 fully saturated rings. The molecule has 0 aromatic carbocycles. The van der Waals surface area contributed by atoms with Gasteiger partial charge < -0.3 is 24.5 Å². The molecule has 0 unspecified atom stereocenters. The summed E-state index contributed by atoms with van der Waals surface area (Å²) in [6.07, 6.45) is 4.91. The van der Waals surface area contributed by atoms with Crippen LogP contribution >= 0.6 is 0 Å². The van der Waals surface area contributed by atoms with E-state index in [4.69, 9.17) is 9.47 Å². The number of hydrogen-bond acceptors (Lipinski definition) is 6. The standard InChI is InChI=1S/C22H29N3O5/c1-20(2,3)30-19(28)24-21-6-8-22(9-7-21,29-14-21)10-11-25-17-12-15(26)13-23-16(17)4-5-18(25)27/h4-5,12-13,26H,6-11,14H2,1-3H3,(H,24,28). The second kappa shape index (κ2) is 7.27. The highest BCUT2D eigenvalue weighted by atomic mass is 16.6. The van der Waals surface area contributed by atoms with Gasteiger partial charge in [0.15, 0.2) is 0 Å².